The number of benzene rings is 5. The van der Waals surface area contributed by atoms with Gasteiger partial charge >= 0.3 is 0 Å². The van der Waals surface area contributed by atoms with Gasteiger partial charge < -0.3 is 4.40 Å². The fraction of sp³-hybridized carbons (Fsp3) is 0. The molecule has 0 atom stereocenters. The Hall–Kier alpha value is -4.43. The molecule has 0 bridgehead atoms. The molecule has 2 nitrogen and oxygen atoms in total. The lowest BCUT2D eigenvalue weighted by Gasteiger charge is -2.07. The quantitative estimate of drug-likeness (QED) is 0.262. The van der Waals surface area contributed by atoms with Crippen LogP contribution in [0.4, 0.5) is 0 Å². The smallest absolute Gasteiger partial charge is 0.0716 e. The van der Waals surface area contributed by atoms with Crippen molar-refractivity contribution >= 4 is 59.8 Å². The van der Waals surface area contributed by atoms with Gasteiger partial charge in [-0.25, -0.2) is 4.98 Å². The maximum absolute atomic E-state index is 5.06. The summed E-state index contributed by atoms with van der Waals surface area (Å²) in [7, 11) is 0. The van der Waals surface area contributed by atoms with Gasteiger partial charge in [0.15, 0.2) is 0 Å². The fourth-order valence-electron chi connectivity index (χ4n) is 5.62. The molecule has 0 N–H and O–H groups in total. The molecule has 0 fully saturated rings. The minimum Gasteiger partial charge on any atom is -0.308 e. The van der Waals surface area contributed by atoms with Crippen LogP contribution in [0.15, 0.2) is 109 Å². The van der Waals surface area contributed by atoms with E-state index in [9.17, 15) is 0 Å². The van der Waals surface area contributed by atoms with Gasteiger partial charge in [-0.1, -0.05) is 78.9 Å². The van der Waals surface area contributed by atoms with Crippen LogP contribution in [0.2, 0.25) is 0 Å². The molecule has 33 heavy (non-hydrogen) atoms. The monoisotopic (exact) mass is 418 g/mol. The molecule has 8 aromatic rings. The van der Waals surface area contributed by atoms with Crippen molar-refractivity contribution < 1.29 is 0 Å². The summed E-state index contributed by atoms with van der Waals surface area (Å²) in [5.74, 6) is 0. The van der Waals surface area contributed by atoms with Crippen LogP contribution in [0.3, 0.4) is 0 Å². The first kappa shape index (κ1) is 17.2. The van der Waals surface area contributed by atoms with Crippen molar-refractivity contribution in [2.45, 2.75) is 0 Å². The minimum absolute atomic E-state index is 1.02. The van der Waals surface area contributed by atoms with Crippen molar-refractivity contribution in [3.05, 3.63) is 109 Å². The van der Waals surface area contributed by atoms with E-state index >= 15 is 0 Å². The standard InChI is InChI=1S/C31H18N2/c1-2-9-21-18-29-25(17-20(21)8-1)30-24(27-16-13-19-7-3-5-11-26(19)32-27)15-14-23-22-10-4-6-12-28(22)33(29)31(23)30/h1-18H. The number of hydrogen-bond acceptors (Lipinski definition) is 1. The first-order chi connectivity index (χ1) is 16.4. The summed E-state index contributed by atoms with van der Waals surface area (Å²) in [6.07, 6.45) is 0. The average Bonchev–Trinajstić information content (AvgIpc) is 3.38. The van der Waals surface area contributed by atoms with E-state index in [1.807, 2.05) is 0 Å². The molecular formula is C31H18N2. The van der Waals surface area contributed by atoms with Gasteiger partial charge in [0, 0.05) is 32.5 Å². The average molecular weight is 418 g/mol. The first-order valence-electron chi connectivity index (χ1n) is 11.3. The second kappa shape index (κ2) is 6.08. The Labute approximate surface area is 189 Å². The van der Waals surface area contributed by atoms with Gasteiger partial charge in [-0.15, -0.1) is 0 Å². The molecule has 0 saturated carbocycles. The molecule has 0 spiro atoms. The molecule has 152 valence electrons. The van der Waals surface area contributed by atoms with E-state index < -0.39 is 0 Å². The van der Waals surface area contributed by atoms with Crippen LogP contribution in [0.1, 0.15) is 0 Å². The van der Waals surface area contributed by atoms with E-state index in [0.29, 0.717) is 0 Å². The maximum atomic E-state index is 5.06. The third kappa shape index (κ3) is 2.20. The Morgan fingerprint density at radius 2 is 1.27 bits per heavy atom. The largest absolute Gasteiger partial charge is 0.308 e. The van der Waals surface area contributed by atoms with Crippen molar-refractivity contribution in [1.29, 1.82) is 0 Å². The summed E-state index contributed by atoms with van der Waals surface area (Å²) in [6.45, 7) is 0. The van der Waals surface area contributed by atoms with Crippen LogP contribution < -0.4 is 0 Å². The Morgan fingerprint density at radius 3 is 2.18 bits per heavy atom. The predicted molar refractivity (Wildman–Crippen MR) is 139 cm³/mol. The molecule has 3 aromatic heterocycles. The lowest BCUT2D eigenvalue weighted by Crippen LogP contribution is -1.86. The molecular weight excluding hydrogens is 400 g/mol. The molecule has 0 aliphatic rings. The highest BCUT2D eigenvalue weighted by Gasteiger charge is 2.21. The number of rotatable bonds is 1. The molecule has 0 unspecified atom stereocenters. The van der Waals surface area contributed by atoms with Crippen LogP contribution in [0.25, 0.3) is 71.0 Å². The summed E-state index contributed by atoms with van der Waals surface area (Å²) in [5.41, 5.74) is 7.03. The maximum Gasteiger partial charge on any atom is 0.0716 e. The topological polar surface area (TPSA) is 17.3 Å². The summed E-state index contributed by atoms with van der Waals surface area (Å²) in [5, 5.41) is 8.86. The molecule has 5 aromatic carbocycles. The van der Waals surface area contributed by atoms with E-state index in [1.165, 1.54) is 59.8 Å². The summed E-state index contributed by atoms with van der Waals surface area (Å²) < 4.78 is 2.45. The highest BCUT2D eigenvalue weighted by molar-refractivity contribution is 6.28. The lowest BCUT2D eigenvalue weighted by molar-refractivity contribution is 1.37. The zero-order valence-electron chi connectivity index (χ0n) is 17.8. The van der Waals surface area contributed by atoms with Gasteiger partial charge in [0.05, 0.1) is 27.8 Å². The zero-order chi connectivity index (χ0) is 21.5. The molecule has 0 amide bonds. The van der Waals surface area contributed by atoms with Crippen molar-refractivity contribution in [2.75, 3.05) is 0 Å². The van der Waals surface area contributed by atoms with Gasteiger partial charge in [0.1, 0.15) is 0 Å². The first-order valence-corrected chi connectivity index (χ1v) is 11.3. The molecule has 2 heteroatoms. The second-order valence-electron chi connectivity index (χ2n) is 8.84. The SMILES string of the molecule is c1ccc2cc3c(cc2c1)c1c(-c2ccc4ccccc4n2)ccc2c4ccccc4n3c21. The highest BCUT2D eigenvalue weighted by Crippen LogP contribution is 2.44. The van der Waals surface area contributed by atoms with Gasteiger partial charge in [-0.05, 0) is 41.1 Å². The Morgan fingerprint density at radius 1 is 0.515 bits per heavy atom. The molecule has 0 radical (unpaired) electrons. The molecule has 0 aliphatic carbocycles. The van der Waals surface area contributed by atoms with Gasteiger partial charge in [-0.2, -0.15) is 0 Å². The van der Waals surface area contributed by atoms with Crippen LogP contribution in [-0.4, -0.2) is 9.38 Å². The molecule has 8 rings (SSSR count). The summed E-state index contributed by atoms with van der Waals surface area (Å²) >= 11 is 0. The van der Waals surface area contributed by atoms with Crippen molar-refractivity contribution in [1.82, 2.24) is 9.38 Å². The molecule has 0 aliphatic heterocycles. The summed E-state index contributed by atoms with van der Waals surface area (Å²) in [6, 6.07) is 39.3. The van der Waals surface area contributed by atoms with Gasteiger partial charge in [0.25, 0.3) is 0 Å². The van der Waals surface area contributed by atoms with Gasteiger partial charge in [0.2, 0.25) is 0 Å². The number of nitrogens with zero attached hydrogens (tertiary/aromatic N) is 2. The highest BCUT2D eigenvalue weighted by atomic mass is 14.9. The number of hydrogen-bond donors (Lipinski definition) is 0. The predicted octanol–water partition coefficient (Wildman–Crippen LogP) is 8.21. The number of fused-ring (bicyclic) bond motifs is 8. The molecule has 0 saturated heterocycles. The Kier molecular flexibility index (Phi) is 3.16. The third-order valence-electron chi connectivity index (χ3n) is 7.09. The number of para-hydroxylation sites is 2. The van der Waals surface area contributed by atoms with Crippen LogP contribution >= 0.6 is 0 Å². The normalized spacial score (nSPS) is 12.2. The summed E-state index contributed by atoms with van der Waals surface area (Å²) in [4.78, 5) is 5.06. The molecule has 3 heterocycles. The van der Waals surface area contributed by atoms with E-state index in [4.69, 9.17) is 4.98 Å². The number of pyridine rings is 1. The van der Waals surface area contributed by atoms with Crippen molar-refractivity contribution in [3.8, 4) is 11.3 Å². The van der Waals surface area contributed by atoms with Crippen molar-refractivity contribution in [3.63, 3.8) is 0 Å². The minimum atomic E-state index is 1.02. The van der Waals surface area contributed by atoms with E-state index in [-0.39, 0.29) is 0 Å². The van der Waals surface area contributed by atoms with Crippen LogP contribution in [-0.2, 0) is 0 Å². The second-order valence-corrected chi connectivity index (χ2v) is 8.84. The van der Waals surface area contributed by atoms with E-state index in [0.717, 1.165) is 11.2 Å². The van der Waals surface area contributed by atoms with Crippen molar-refractivity contribution in [2.24, 2.45) is 0 Å². The zero-order valence-corrected chi connectivity index (χ0v) is 17.8. The Bertz CT molecular complexity index is 2030. The lowest BCUT2D eigenvalue weighted by atomic mass is 9.98. The van der Waals surface area contributed by atoms with E-state index in [1.54, 1.807) is 0 Å². The van der Waals surface area contributed by atoms with Gasteiger partial charge in [-0.3, -0.25) is 0 Å². The van der Waals surface area contributed by atoms with E-state index in [2.05, 4.69) is 114 Å². The van der Waals surface area contributed by atoms with Crippen LogP contribution in [0.5, 0.6) is 0 Å². The third-order valence-corrected chi connectivity index (χ3v) is 7.09. The number of aromatic nitrogens is 2. The Balaban J connectivity index is 1.62. The fourth-order valence-corrected chi connectivity index (χ4v) is 5.62. The van der Waals surface area contributed by atoms with Crippen LogP contribution in [0, 0.1) is 0 Å².